The molecular formula is C18H23BrN2. The van der Waals surface area contributed by atoms with Crippen LogP contribution in [0.25, 0.3) is 0 Å². The summed E-state index contributed by atoms with van der Waals surface area (Å²) in [6.45, 7) is 6.54. The van der Waals surface area contributed by atoms with Crippen LogP contribution >= 0.6 is 15.9 Å². The minimum absolute atomic E-state index is 0.118. The van der Waals surface area contributed by atoms with Crippen molar-refractivity contribution < 1.29 is 0 Å². The molecule has 0 aliphatic rings. The molecule has 2 rings (SSSR count). The van der Waals surface area contributed by atoms with Crippen LogP contribution in [0.1, 0.15) is 48.1 Å². The zero-order valence-electron chi connectivity index (χ0n) is 12.9. The highest BCUT2D eigenvalue weighted by Gasteiger charge is 2.13. The maximum Gasteiger partial charge on any atom is 0.0503 e. The van der Waals surface area contributed by atoms with Gasteiger partial charge in [-0.05, 0) is 53.6 Å². The molecule has 0 amide bonds. The highest BCUT2D eigenvalue weighted by molar-refractivity contribution is 9.10. The molecule has 1 unspecified atom stereocenters. The summed E-state index contributed by atoms with van der Waals surface area (Å²) in [6.07, 6.45) is 0.881. The molecule has 0 aliphatic heterocycles. The summed E-state index contributed by atoms with van der Waals surface area (Å²) < 4.78 is 1.08. The quantitative estimate of drug-likeness (QED) is 0.611. The smallest absolute Gasteiger partial charge is 0.0503 e. The van der Waals surface area contributed by atoms with Gasteiger partial charge in [0.15, 0.2) is 0 Å². The highest BCUT2D eigenvalue weighted by atomic mass is 79.9. The molecular weight excluding hydrogens is 324 g/mol. The zero-order valence-corrected chi connectivity index (χ0v) is 14.4. The molecule has 2 aromatic carbocycles. The molecule has 0 saturated carbocycles. The summed E-state index contributed by atoms with van der Waals surface area (Å²) >= 11 is 3.54. The van der Waals surface area contributed by atoms with Crippen LogP contribution in [0, 0.1) is 6.92 Å². The molecule has 21 heavy (non-hydrogen) atoms. The van der Waals surface area contributed by atoms with E-state index in [0.717, 1.165) is 10.9 Å². The van der Waals surface area contributed by atoms with Crippen LogP contribution in [0.2, 0.25) is 0 Å². The molecule has 3 N–H and O–H groups in total. The van der Waals surface area contributed by atoms with Crippen molar-refractivity contribution in [2.45, 2.75) is 39.2 Å². The summed E-state index contributed by atoms with van der Waals surface area (Å²) in [4.78, 5) is 0. The Kier molecular flexibility index (Phi) is 5.57. The number of nitrogens with one attached hydrogen (secondary N) is 1. The summed E-state index contributed by atoms with van der Waals surface area (Å²) in [5, 5.41) is 0. The van der Waals surface area contributed by atoms with Crippen LogP contribution in [0.15, 0.2) is 46.9 Å². The number of hydrazine groups is 1. The lowest BCUT2D eigenvalue weighted by molar-refractivity contribution is 0.549. The Bertz CT molecular complexity index is 591. The van der Waals surface area contributed by atoms with Gasteiger partial charge in [0.25, 0.3) is 0 Å². The van der Waals surface area contributed by atoms with Crippen molar-refractivity contribution in [3.05, 3.63) is 69.2 Å². The molecule has 3 heteroatoms. The van der Waals surface area contributed by atoms with Gasteiger partial charge in [0, 0.05) is 4.47 Å². The topological polar surface area (TPSA) is 38.0 Å². The Morgan fingerprint density at radius 2 is 1.76 bits per heavy atom. The number of aryl methyl sites for hydroxylation is 1. The van der Waals surface area contributed by atoms with E-state index >= 15 is 0 Å². The first kappa shape index (κ1) is 16.2. The summed E-state index contributed by atoms with van der Waals surface area (Å²) in [5.74, 6) is 6.35. The lowest BCUT2D eigenvalue weighted by atomic mass is 9.94. The second-order valence-corrected chi connectivity index (χ2v) is 6.74. The van der Waals surface area contributed by atoms with Gasteiger partial charge in [0.1, 0.15) is 0 Å². The summed E-state index contributed by atoms with van der Waals surface area (Å²) in [7, 11) is 0. The molecule has 2 nitrogen and oxygen atoms in total. The Balaban J connectivity index is 2.20. The van der Waals surface area contributed by atoms with E-state index in [9.17, 15) is 0 Å². The first-order valence-corrected chi connectivity index (χ1v) is 8.11. The molecule has 0 aromatic heterocycles. The van der Waals surface area contributed by atoms with Crippen molar-refractivity contribution in [2.24, 2.45) is 5.84 Å². The summed E-state index contributed by atoms with van der Waals surface area (Å²) in [6, 6.07) is 15.3. The fourth-order valence-corrected chi connectivity index (χ4v) is 2.90. The lowest BCUT2D eigenvalue weighted by Crippen LogP contribution is -2.30. The van der Waals surface area contributed by atoms with Crippen LogP contribution in [0.4, 0.5) is 0 Å². The highest BCUT2D eigenvalue weighted by Crippen LogP contribution is 2.25. The van der Waals surface area contributed by atoms with E-state index in [2.05, 4.69) is 84.6 Å². The largest absolute Gasteiger partial charge is 0.271 e. The number of hydrogen-bond acceptors (Lipinski definition) is 2. The predicted octanol–water partition coefficient (Wildman–Crippen LogP) is 4.63. The van der Waals surface area contributed by atoms with Gasteiger partial charge >= 0.3 is 0 Å². The van der Waals surface area contributed by atoms with Crippen LogP contribution in [0.5, 0.6) is 0 Å². The SMILES string of the molecule is Cc1ccc(Br)cc1C(Cc1ccc(C(C)C)cc1)NN. The van der Waals surface area contributed by atoms with Crippen LogP contribution in [-0.2, 0) is 6.42 Å². The van der Waals surface area contributed by atoms with Gasteiger partial charge in [-0.25, -0.2) is 0 Å². The normalized spacial score (nSPS) is 12.7. The summed E-state index contributed by atoms with van der Waals surface area (Å²) in [5.41, 5.74) is 8.10. The fraction of sp³-hybridized carbons (Fsp3) is 0.333. The number of hydrogen-bond donors (Lipinski definition) is 2. The van der Waals surface area contributed by atoms with Gasteiger partial charge in [0.2, 0.25) is 0 Å². The van der Waals surface area contributed by atoms with Gasteiger partial charge < -0.3 is 0 Å². The molecule has 0 spiro atoms. The minimum Gasteiger partial charge on any atom is -0.271 e. The molecule has 0 saturated heterocycles. The molecule has 0 radical (unpaired) electrons. The van der Waals surface area contributed by atoms with Crippen LogP contribution < -0.4 is 11.3 Å². The standard InChI is InChI=1S/C18H23BrN2/c1-12(2)15-7-5-14(6-8-15)10-18(21-20)17-11-16(19)9-4-13(17)3/h4-9,11-12,18,21H,10,20H2,1-3H3. The Hall–Kier alpha value is -1.16. The van der Waals surface area contributed by atoms with Crippen LogP contribution in [0.3, 0.4) is 0 Å². The minimum atomic E-state index is 0.118. The molecule has 0 bridgehead atoms. The first-order valence-electron chi connectivity index (χ1n) is 7.32. The zero-order chi connectivity index (χ0) is 15.4. The van der Waals surface area contributed by atoms with Gasteiger partial charge in [-0.15, -0.1) is 0 Å². The number of nitrogens with two attached hydrogens (primary N) is 1. The lowest BCUT2D eigenvalue weighted by Gasteiger charge is -2.19. The van der Waals surface area contributed by atoms with Gasteiger partial charge in [0.05, 0.1) is 6.04 Å². The van der Waals surface area contributed by atoms with Gasteiger partial charge in [-0.1, -0.05) is 60.1 Å². The maximum atomic E-state index is 5.78. The fourth-order valence-electron chi connectivity index (χ4n) is 2.52. The maximum absolute atomic E-state index is 5.78. The Labute approximate surface area is 135 Å². The Morgan fingerprint density at radius 3 is 2.33 bits per heavy atom. The van der Waals surface area contributed by atoms with E-state index in [0.29, 0.717) is 5.92 Å². The van der Waals surface area contributed by atoms with Crippen molar-refractivity contribution in [3.63, 3.8) is 0 Å². The second-order valence-electron chi connectivity index (χ2n) is 5.82. The van der Waals surface area contributed by atoms with Crippen molar-refractivity contribution >= 4 is 15.9 Å². The average Bonchev–Trinajstić information content (AvgIpc) is 2.48. The average molecular weight is 347 g/mol. The molecule has 0 heterocycles. The predicted molar refractivity (Wildman–Crippen MR) is 93.2 cm³/mol. The van der Waals surface area contributed by atoms with E-state index < -0.39 is 0 Å². The molecule has 0 aliphatic carbocycles. The number of halogens is 1. The first-order chi connectivity index (χ1) is 10.0. The van der Waals surface area contributed by atoms with E-state index in [1.54, 1.807) is 0 Å². The molecule has 1 atom stereocenters. The third kappa shape index (κ3) is 4.16. The van der Waals surface area contributed by atoms with Gasteiger partial charge in [-0.2, -0.15) is 0 Å². The van der Waals surface area contributed by atoms with Gasteiger partial charge in [-0.3, -0.25) is 11.3 Å². The van der Waals surface area contributed by atoms with E-state index in [-0.39, 0.29) is 6.04 Å². The third-order valence-corrected chi connectivity index (χ3v) is 4.40. The van der Waals surface area contributed by atoms with Crippen LogP contribution in [-0.4, -0.2) is 0 Å². The van der Waals surface area contributed by atoms with Crippen molar-refractivity contribution in [1.29, 1.82) is 0 Å². The number of benzene rings is 2. The van der Waals surface area contributed by atoms with Crippen molar-refractivity contribution in [1.82, 2.24) is 5.43 Å². The third-order valence-electron chi connectivity index (χ3n) is 3.90. The van der Waals surface area contributed by atoms with Crippen molar-refractivity contribution in [2.75, 3.05) is 0 Å². The van der Waals surface area contributed by atoms with Crippen molar-refractivity contribution in [3.8, 4) is 0 Å². The molecule has 0 fully saturated rings. The monoisotopic (exact) mass is 346 g/mol. The van der Waals surface area contributed by atoms with E-state index in [4.69, 9.17) is 5.84 Å². The van der Waals surface area contributed by atoms with E-state index in [1.807, 2.05) is 0 Å². The molecule has 112 valence electrons. The van der Waals surface area contributed by atoms with E-state index in [1.165, 1.54) is 22.3 Å². The number of rotatable bonds is 5. The Morgan fingerprint density at radius 1 is 1.10 bits per heavy atom. The molecule has 2 aromatic rings. The second kappa shape index (κ2) is 7.21.